The molecule has 192 valence electrons. The number of halogens is 3. The number of benzene rings is 2. The van der Waals surface area contributed by atoms with E-state index in [0.717, 1.165) is 34.3 Å². The molecule has 0 spiro atoms. The van der Waals surface area contributed by atoms with Gasteiger partial charge in [-0.3, -0.25) is 4.79 Å². The maximum Gasteiger partial charge on any atom is 0.475 e. The lowest BCUT2D eigenvalue weighted by atomic mass is 10.0. The van der Waals surface area contributed by atoms with Crippen molar-refractivity contribution in [3.05, 3.63) is 72.2 Å². The Labute approximate surface area is 213 Å². The quantitative estimate of drug-likeness (QED) is 0.342. The fraction of sp³-hybridized carbons (Fsp3) is 0.269. The van der Waals surface area contributed by atoms with Gasteiger partial charge in [0, 0.05) is 29.7 Å². The second-order valence-electron chi connectivity index (χ2n) is 9.07. The van der Waals surface area contributed by atoms with Crippen molar-refractivity contribution in [2.45, 2.75) is 30.2 Å². The van der Waals surface area contributed by atoms with E-state index < -0.39 is 21.2 Å². The molecule has 4 aromatic rings. The number of ether oxygens (including phenoxy) is 1. The summed E-state index contributed by atoms with van der Waals surface area (Å²) in [7, 11) is -1.25. The van der Waals surface area contributed by atoms with Gasteiger partial charge in [0.2, 0.25) is 11.8 Å². The summed E-state index contributed by atoms with van der Waals surface area (Å²) in [4.78, 5) is 20.8. The molecule has 1 aliphatic carbocycles. The van der Waals surface area contributed by atoms with Crippen molar-refractivity contribution in [1.82, 2.24) is 14.5 Å². The molecule has 0 saturated heterocycles. The van der Waals surface area contributed by atoms with Crippen LogP contribution in [0.2, 0.25) is 0 Å². The predicted molar refractivity (Wildman–Crippen MR) is 133 cm³/mol. The van der Waals surface area contributed by atoms with Gasteiger partial charge in [0.05, 0.1) is 5.52 Å². The van der Waals surface area contributed by atoms with Gasteiger partial charge in [0.25, 0.3) is 0 Å². The number of aryl methyl sites for hydroxylation is 2. The highest BCUT2D eigenvalue weighted by molar-refractivity contribution is 7.86. The summed E-state index contributed by atoms with van der Waals surface area (Å²) < 4.78 is 57.8. The number of carbonyl (C=O) groups is 1. The first-order chi connectivity index (χ1) is 17.6. The fourth-order valence-electron chi connectivity index (χ4n) is 4.37. The van der Waals surface area contributed by atoms with E-state index in [0.29, 0.717) is 24.5 Å². The minimum atomic E-state index is -4.86. The van der Waals surface area contributed by atoms with Crippen molar-refractivity contribution >= 4 is 33.4 Å². The highest BCUT2D eigenvalue weighted by Gasteiger charge is 2.43. The third kappa shape index (κ3) is 5.36. The van der Waals surface area contributed by atoms with Crippen molar-refractivity contribution in [2.24, 2.45) is 18.9 Å². The van der Waals surface area contributed by atoms with Crippen molar-refractivity contribution in [3.8, 4) is 11.6 Å². The average Bonchev–Trinajstić information content (AvgIpc) is 3.53. The van der Waals surface area contributed by atoms with Crippen LogP contribution in [0.4, 0.5) is 18.9 Å². The van der Waals surface area contributed by atoms with E-state index in [4.69, 9.17) is 4.74 Å². The molecule has 1 amide bonds. The van der Waals surface area contributed by atoms with Gasteiger partial charge < -0.3 is 14.6 Å². The molecule has 1 saturated carbocycles. The predicted octanol–water partition coefficient (Wildman–Crippen LogP) is 5.51. The number of nitrogens with zero attached hydrogens (tertiary/aromatic N) is 3. The minimum absolute atomic E-state index is 0.128. The Kier molecular flexibility index (Phi) is 6.49. The Bertz CT molecular complexity index is 1520. The van der Waals surface area contributed by atoms with Crippen LogP contribution in [-0.4, -0.2) is 30.2 Å². The molecular formula is C26H23F3N4O3S. The van der Waals surface area contributed by atoms with E-state index in [1.165, 1.54) is 18.5 Å². The highest BCUT2D eigenvalue weighted by Crippen LogP contribution is 2.43. The molecule has 2 heterocycles. The third-order valence-corrected chi connectivity index (χ3v) is 7.52. The van der Waals surface area contributed by atoms with Crippen molar-refractivity contribution in [3.63, 3.8) is 0 Å². The summed E-state index contributed by atoms with van der Waals surface area (Å²) in [6.45, 7) is 1.98. The number of alkyl halides is 3. The van der Waals surface area contributed by atoms with E-state index in [1.807, 2.05) is 49.0 Å². The van der Waals surface area contributed by atoms with E-state index in [1.54, 1.807) is 0 Å². The molecule has 3 atom stereocenters. The minimum Gasteiger partial charge on any atom is -0.437 e. The molecule has 2 aromatic carbocycles. The van der Waals surface area contributed by atoms with Crippen molar-refractivity contribution in [2.75, 3.05) is 5.32 Å². The Morgan fingerprint density at radius 3 is 2.76 bits per heavy atom. The lowest BCUT2D eigenvalue weighted by Gasteiger charge is -2.11. The van der Waals surface area contributed by atoms with Crippen molar-refractivity contribution < 1.29 is 26.9 Å². The maximum absolute atomic E-state index is 12.8. The topological polar surface area (TPSA) is 86.1 Å². The Balaban J connectivity index is 1.21. The molecule has 7 nitrogen and oxygen atoms in total. The van der Waals surface area contributed by atoms with Gasteiger partial charge in [-0.2, -0.15) is 18.2 Å². The molecule has 1 fully saturated rings. The maximum atomic E-state index is 12.8. The van der Waals surface area contributed by atoms with Gasteiger partial charge in [-0.05, 0) is 73.2 Å². The molecule has 0 bridgehead atoms. The zero-order valence-corrected chi connectivity index (χ0v) is 20.8. The summed E-state index contributed by atoms with van der Waals surface area (Å²) in [5, 5.41) is 2.66. The van der Waals surface area contributed by atoms with Gasteiger partial charge in [0.15, 0.2) is 10.8 Å². The van der Waals surface area contributed by atoms with E-state index in [9.17, 15) is 22.2 Å². The lowest BCUT2D eigenvalue weighted by Crippen LogP contribution is -2.18. The van der Waals surface area contributed by atoms with Crippen LogP contribution in [0.15, 0.2) is 66.0 Å². The Hall–Kier alpha value is -3.73. The van der Waals surface area contributed by atoms with Crippen LogP contribution in [0.5, 0.6) is 11.6 Å². The van der Waals surface area contributed by atoms with Gasteiger partial charge in [0.1, 0.15) is 17.6 Å². The summed E-state index contributed by atoms with van der Waals surface area (Å²) in [6.07, 6.45) is 4.73. The normalized spacial score (nSPS) is 18.0. The van der Waals surface area contributed by atoms with Gasteiger partial charge in [-0.15, -0.1) is 0 Å². The molecule has 0 radical (unpaired) electrons. The smallest absolute Gasteiger partial charge is 0.437 e. The summed E-state index contributed by atoms with van der Waals surface area (Å²) in [6, 6.07) is 12.7. The zero-order valence-electron chi connectivity index (χ0n) is 20.0. The molecule has 0 aliphatic heterocycles. The monoisotopic (exact) mass is 528 g/mol. The second kappa shape index (κ2) is 9.62. The van der Waals surface area contributed by atoms with Gasteiger partial charge >= 0.3 is 5.51 Å². The number of rotatable bonds is 7. The highest BCUT2D eigenvalue weighted by atomic mass is 32.2. The molecule has 2 unspecified atom stereocenters. The zero-order chi connectivity index (χ0) is 26.3. The van der Waals surface area contributed by atoms with Gasteiger partial charge in [-0.25, -0.2) is 9.19 Å². The van der Waals surface area contributed by atoms with Crippen LogP contribution in [0, 0.1) is 18.8 Å². The number of nitrogens with one attached hydrogen (secondary N) is 1. The molecule has 11 heteroatoms. The van der Waals surface area contributed by atoms with Crippen LogP contribution in [0.1, 0.15) is 17.5 Å². The van der Waals surface area contributed by atoms with Crippen LogP contribution in [-0.2, 0) is 29.1 Å². The SMILES string of the molecule is Cc1cc(Oc2ncnc3ccn(C)c23)ccc1C[C@H]1CC1C(=O)Nc1cccc(S(=O)C(F)(F)F)c1. The Morgan fingerprint density at radius 1 is 1.19 bits per heavy atom. The molecule has 37 heavy (non-hydrogen) atoms. The van der Waals surface area contributed by atoms with Crippen LogP contribution >= 0.6 is 0 Å². The molecule has 5 rings (SSSR count). The molecule has 2 aromatic heterocycles. The lowest BCUT2D eigenvalue weighted by molar-refractivity contribution is -0.117. The molecule has 1 aliphatic rings. The van der Waals surface area contributed by atoms with Gasteiger partial charge in [-0.1, -0.05) is 12.1 Å². The standard InChI is InChI=1S/C26H23F3N4O3S/c1-15-10-19(36-25-23-22(30-14-31-25)8-9-33(23)2)7-6-16(15)11-17-12-21(17)24(34)32-18-4-3-5-20(13-18)37(35)26(27,28)29/h3-10,13-14,17,21H,11-12H2,1-2H3,(H,32,34)/t17-,21?,37?/m0/s1. The van der Waals surface area contributed by atoms with Crippen LogP contribution in [0.25, 0.3) is 11.0 Å². The molecule has 1 N–H and O–H groups in total. The first-order valence-electron chi connectivity index (χ1n) is 11.5. The number of fused-ring (bicyclic) bond motifs is 1. The molecular weight excluding hydrogens is 505 g/mol. The number of aromatic nitrogens is 3. The van der Waals surface area contributed by atoms with Crippen LogP contribution < -0.4 is 10.1 Å². The van der Waals surface area contributed by atoms with E-state index in [2.05, 4.69) is 15.3 Å². The van der Waals surface area contributed by atoms with E-state index in [-0.39, 0.29) is 23.4 Å². The first kappa shape index (κ1) is 24.9. The number of amides is 1. The largest absolute Gasteiger partial charge is 0.475 e. The third-order valence-electron chi connectivity index (χ3n) is 6.42. The summed E-state index contributed by atoms with van der Waals surface area (Å²) >= 11 is 0. The summed E-state index contributed by atoms with van der Waals surface area (Å²) in [5.41, 5.74) is -0.971. The Morgan fingerprint density at radius 2 is 2.00 bits per heavy atom. The van der Waals surface area contributed by atoms with Crippen LogP contribution in [0.3, 0.4) is 0 Å². The second-order valence-corrected chi connectivity index (χ2v) is 10.5. The number of hydrogen-bond donors (Lipinski definition) is 1. The summed E-state index contributed by atoms with van der Waals surface area (Å²) in [5.74, 6) is 0.741. The number of hydrogen-bond acceptors (Lipinski definition) is 5. The van der Waals surface area contributed by atoms with Crippen molar-refractivity contribution in [1.29, 1.82) is 0 Å². The number of anilines is 1. The average molecular weight is 529 g/mol. The first-order valence-corrected chi connectivity index (χ1v) is 12.7. The fourth-order valence-corrected chi connectivity index (χ4v) is 5.07. The van der Waals surface area contributed by atoms with E-state index >= 15 is 0 Å². The number of carbonyl (C=O) groups excluding carboxylic acids is 1.